The molecule has 0 saturated carbocycles. The minimum atomic E-state index is -1.65. The number of rotatable bonds is 4. The smallest absolute Gasteiger partial charge is 0.241 e. The lowest BCUT2D eigenvalue weighted by atomic mass is 9.87. The van der Waals surface area contributed by atoms with Gasteiger partial charge in [0, 0.05) is 5.92 Å². The van der Waals surface area contributed by atoms with E-state index in [1.165, 1.54) is 0 Å². The predicted molar refractivity (Wildman–Crippen MR) is 80.8 cm³/mol. The third kappa shape index (κ3) is 4.07. The van der Waals surface area contributed by atoms with Crippen molar-refractivity contribution in [2.24, 2.45) is 5.92 Å². The van der Waals surface area contributed by atoms with Crippen molar-refractivity contribution in [1.29, 1.82) is 0 Å². The second kappa shape index (κ2) is 5.79. The highest BCUT2D eigenvalue weighted by atomic mass is 28.4. The van der Waals surface area contributed by atoms with E-state index < -0.39 is 20.2 Å². The van der Waals surface area contributed by atoms with Gasteiger partial charge in [0.2, 0.25) is 8.32 Å². The van der Waals surface area contributed by atoms with Crippen molar-refractivity contribution in [3.05, 3.63) is 11.8 Å². The Hall–Kier alpha value is -0.363. The van der Waals surface area contributed by atoms with E-state index in [0.29, 0.717) is 6.61 Å². The lowest BCUT2D eigenvalue weighted by Crippen LogP contribution is -2.40. The van der Waals surface area contributed by atoms with E-state index in [-0.39, 0.29) is 12.0 Å². The maximum absolute atomic E-state index is 10.7. The van der Waals surface area contributed by atoms with Crippen LogP contribution in [-0.4, -0.2) is 38.0 Å². The summed E-state index contributed by atoms with van der Waals surface area (Å²) in [6.07, 6.45) is 4.42. The average Bonchev–Trinajstić information content (AvgIpc) is 2.67. The molecule has 2 aliphatic rings. The normalized spacial score (nSPS) is 31.8. The summed E-state index contributed by atoms with van der Waals surface area (Å²) in [5.74, 6) is 0.415. The highest BCUT2D eigenvalue weighted by Crippen LogP contribution is 2.35. The molecule has 2 rings (SSSR count). The van der Waals surface area contributed by atoms with Crippen LogP contribution in [-0.2, 0) is 13.9 Å². The van der Waals surface area contributed by atoms with E-state index in [9.17, 15) is 5.11 Å². The lowest BCUT2D eigenvalue weighted by molar-refractivity contribution is -0.155. The molecule has 3 atom stereocenters. The standard InChI is InChI=1S/C15H28O4Si/c1-15(2)17-10-13(18-15)14(16)11-8-6-7-9-12(11)19-20(3,4)5/h9,11,13-14,16H,6-8,10H2,1-5H3/t11-,13-,14-/m0/s1. The summed E-state index contributed by atoms with van der Waals surface area (Å²) in [7, 11) is -1.65. The van der Waals surface area contributed by atoms with Gasteiger partial charge in [-0.3, -0.25) is 0 Å². The second-order valence-electron chi connectivity index (χ2n) is 7.22. The third-order valence-corrected chi connectivity index (χ3v) is 4.53. The molecule has 0 spiro atoms. The molecule has 0 aromatic rings. The SMILES string of the molecule is CC1(C)OC[C@@H]([C@@H](O)[C@H]2CCCC=C2O[Si](C)(C)C)O1. The fraction of sp³-hybridized carbons (Fsp3) is 0.867. The van der Waals surface area contributed by atoms with Crippen molar-refractivity contribution < 1.29 is 19.0 Å². The molecule has 1 saturated heterocycles. The predicted octanol–water partition coefficient (Wildman–Crippen LogP) is 3.03. The van der Waals surface area contributed by atoms with Crippen molar-refractivity contribution in [3.8, 4) is 0 Å². The zero-order chi connectivity index (χ0) is 15.0. The van der Waals surface area contributed by atoms with Gasteiger partial charge in [0.15, 0.2) is 5.79 Å². The molecule has 4 nitrogen and oxygen atoms in total. The van der Waals surface area contributed by atoms with Gasteiger partial charge < -0.3 is 19.0 Å². The average molecular weight is 300 g/mol. The van der Waals surface area contributed by atoms with Crippen LogP contribution >= 0.6 is 0 Å². The Labute approximate surface area is 123 Å². The second-order valence-corrected chi connectivity index (χ2v) is 11.6. The largest absolute Gasteiger partial charge is 0.547 e. The summed E-state index contributed by atoms with van der Waals surface area (Å²) in [4.78, 5) is 0. The maximum Gasteiger partial charge on any atom is 0.241 e. The Morgan fingerprint density at radius 2 is 2.10 bits per heavy atom. The number of allylic oxidation sites excluding steroid dienone is 1. The van der Waals surface area contributed by atoms with E-state index in [0.717, 1.165) is 25.0 Å². The zero-order valence-electron chi connectivity index (χ0n) is 13.3. The molecular weight excluding hydrogens is 272 g/mol. The van der Waals surface area contributed by atoms with Gasteiger partial charge in [-0.1, -0.05) is 0 Å². The minimum Gasteiger partial charge on any atom is -0.547 e. The van der Waals surface area contributed by atoms with Gasteiger partial charge in [0.1, 0.15) is 6.10 Å². The van der Waals surface area contributed by atoms with Gasteiger partial charge >= 0.3 is 0 Å². The van der Waals surface area contributed by atoms with Crippen LogP contribution in [0.1, 0.15) is 33.1 Å². The molecular formula is C15H28O4Si. The molecule has 1 N–H and O–H groups in total. The molecule has 0 amide bonds. The van der Waals surface area contributed by atoms with Gasteiger partial charge in [-0.2, -0.15) is 0 Å². The first-order chi connectivity index (χ1) is 9.18. The van der Waals surface area contributed by atoms with E-state index in [1.807, 2.05) is 13.8 Å². The monoisotopic (exact) mass is 300 g/mol. The summed E-state index contributed by atoms with van der Waals surface area (Å²) < 4.78 is 17.5. The van der Waals surface area contributed by atoms with E-state index in [2.05, 4.69) is 25.7 Å². The number of ether oxygens (including phenoxy) is 2. The third-order valence-electron chi connectivity index (χ3n) is 3.68. The van der Waals surface area contributed by atoms with Crippen LogP contribution in [0.4, 0.5) is 0 Å². The van der Waals surface area contributed by atoms with Crippen LogP contribution in [0.15, 0.2) is 11.8 Å². The molecule has 5 heteroatoms. The van der Waals surface area contributed by atoms with Crippen molar-refractivity contribution in [2.75, 3.05) is 6.61 Å². The fourth-order valence-electron chi connectivity index (χ4n) is 2.83. The number of aliphatic hydroxyl groups is 1. The van der Waals surface area contributed by atoms with Crippen LogP contribution in [0.5, 0.6) is 0 Å². The molecule has 20 heavy (non-hydrogen) atoms. The first kappa shape index (κ1) is 16.0. The number of hydrogen-bond acceptors (Lipinski definition) is 4. The Kier molecular flexibility index (Phi) is 4.64. The molecule has 0 radical (unpaired) electrons. The van der Waals surface area contributed by atoms with Gasteiger partial charge in [0.05, 0.1) is 18.5 Å². The summed E-state index contributed by atoms with van der Waals surface area (Å²) in [6.45, 7) is 10.7. The zero-order valence-corrected chi connectivity index (χ0v) is 14.3. The van der Waals surface area contributed by atoms with Crippen LogP contribution in [0.2, 0.25) is 19.6 Å². The minimum absolute atomic E-state index is 0.0398. The Bertz CT molecular complexity index is 373. The van der Waals surface area contributed by atoms with Crippen LogP contribution in [0, 0.1) is 5.92 Å². The van der Waals surface area contributed by atoms with Crippen molar-refractivity contribution in [2.45, 2.75) is 70.7 Å². The molecule has 116 valence electrons. The Balaban J connectivity index is 2.05. The first-order valence-corrected chi connectivity index (χ1v) is 11.0. The van der Waals surface area contributed by atoms with Crippen LogP contribution < -0.4 is 0 Å². The molecule has 0 bridgehead atoms. The molecule has 1 aliphatic carbocycles. The Morgan fingerprint density at radius 1 is 1.40 bits per heavy atom. The highest BCUT2D eigenvalue weighted by molar-refractivity contribution is 6.70. The lowest BCUT2D eigenvalue weighted by Gasteiger charge is -2.34. The van der Waals surface area contributed by atoms with Crippen molar-refractivity contribution in [1.82, 2.24) is 0 Å². The van der Waals surface area contributed by atoms with Gasteiger partial charge in [0.25, 0.3) is 0 Å². The number of aliphatic hydroxyl groups excluding tert-OH is 1. The fourth-order valence-corrected chi connectivity index (χ4v) is 3.77. The maximum atomic E-state index is 10.7. The summed E-state index contributed by atoms with van der Waals surface area (Å²) in [5, 5.41) is 10.7. The van der Waals surface area contributed by atoms with E-state index in [4.69, 9.17) is 13.9 Å². The van der Waals surface area contributed by atoms with Gasteiger partial charge in [-0.15, -0.1) is 0 Å². The molecule has 0 unspecified atom stereocenters. The van der Waals surface area contributed by atoms with E-state index >= 15 is 0 Å². The van der Waals surface area contributed by atoms with Crippen LogP contribution in [0.3, 0.4) is 0 Å². The van der Waals surface area contributed by atoms with Gasteiger partial charge in [-0.05, 0) is 58.8 Å². The Morgan fingerprint density at radius 3 is 2.65 bits per heavy atom. The molecule has 0 aromatic heterocycles. The molecule has 0 aromatic carbocycles. The molecule has 1 heterocycles. The van der Waals surface area contributed by atoms with Gasteiger partial charge in [-0.25, -0.2) is 0 Å². The summed E-state index contributed by atoms with van der Waals surface area (Å²) >= 11 is 0. The van der Waals surface area contributed by atoms with Crippen molar-refractivity contribution >= 4 is 8.32 Å². The summed E-state index contributed by atoms with van der Waals surface area (Å²) in [5.41, 5.74) is 0. The topological polar surface area (TPSA) is 47.9 Å². The quantitative estimate of drug-likeness (QED) is 0.811. The number of hydrogen-bond donors (Lipinski definition) is 1. The highest BCUT2D eigenvalue weighted by Gasteiger charge is 2.42. The van der Waals surface area contributed by atoms with E-state index in [1.54, 1.807) is 0 Å². The molecule has 1 aliphatic heterocycles. The van der Waals surface area contributed by atoms with Crippen LogP contribution in [0.25, 0.3) is 0 Å². The summed E-state index contributed by atoms with van der Waals surface area (Å²) in [6, 6.07) is 0. The van der Waals surface area contributed by atoms with Crippen molar-refractivity contribution in [3.63, 3.8) is 0 Å². The molecule has 1 fully saturated rings. The first-order valence-electron chi connectivity index (χ1n) is 7.57.